The number of nitrogens with two attached hydrogens (primary N) is 1. The first kappa shape index (κ1) is 17.8. The van der Waals surface area contributed by atoms with Gasteiger partial charge < -0.3 is 16.4 Å². The van der Waals surface area contributed by atoms with Gasteiger partial charge in [0.05, 0.1) is 15.7 Å². The Morgan fingerprint density at radius 2 is 1.96 bits per heavy atom. The predicted octanol–water partition coefficient (Wildman–Crippen LogP) is 5.41. The zero-order chi connectivity index (χ0) is 17.6. The smallest absolute Gasteiger partial charge is 0.159 e. The van der Waals surface area contributed by atoms with Crippen LogP contribution in [-0.2, 0) is 0 Å². The summed E-state index contributed by atoms with van der Waals surface area (Å²) in [6, 6.07) is 5.36. The summed E-state index contributed by atoms with van der Waals surface area (Å²) < 4.78 is 0. The molecule has 3 rings (SSSR count). The molecule has 1 aromatic heterocycles. The molecule has 1 aromatic carbocycles. The van der Waals surface area contributed by atoms with E-state index in [1.54, 1.807) is 6.07 Å². The van der Waals surface area contributed by atoms with E-state index < -0.39 is 0 Å². The molecule has 1 aliphatic carbocycles. The lowest BCUT2D eigenvalue weighted by Crippen LogP contribution is -2.10. The van der Waals surface area contributed by atoms with Crippen LogP contribution in [0.25, 0.3) is 0 Å². The van der Waals surface area contributed by atoms with Gasteiger partial charge in [0.1, 0.15) is 12.0 Å². The Kier molecular flexibility index (Phi) is 6.00. The van der Waals surface area contributed by atoms with E-state index in [4.69, 9.17) is 28.9 Å². The van der Waals surface area contributed by atoms with Crippen molar-refractivity contribution in [3.8, 4) is 0 Å². The largest absolute Gasteiger partial charge is 0.393 e. The van der Waals surface area contributed by atoms with Crippen LogP contribution >= 0.6 is 23.2 Å². The number of hydrogen-bond acceptors (Lipinski definition) is 5. The quantitative estimate of drug-likeness (QED) is 0.586. The van der Waals surface area contributed by atoms with Gasteiger partial charge in [-0.2, -0.15) is 0 Å². The number of hydrogen-bond donors (Lipinski definition) is 3. The van der Waals surface area contributed by atoms with E-state index in [1.165, 1.54) is 37.6 Å². The second-order valence-corrected chi connectivity index (χ2v) is 6.78. The molecule has 2 aromatic rings. The maximum Gasteiger partial charge on any atom is 0.159 e. The Labute approximate surface area is 157 Å². The molecule has 0 spiro atoms. The molecular weight excluding hydrogens is 357 g/mol. The van der Waals surface area contributed by atoms with Crippen LogP contribution in [0.1, 0.15) is 32.1 Å². The fourth-order valence-corrected chi connectivity index (χ4v) is 3.18. The number of nitrogens with zero attached hydrogens (tertiary/aromatic N) is 2. The minimum absolute atomic E-state index is 0.431. The molecule has 0 unspecified atom stereocenters. The van der Waals surface area contributed by atoms with Crippen LogP contribution in [0.3, 0.4) is 0 Å². The average molecular weight is 378 g/mol. The molecule has 0 bridgehead atoms. The third kappa shape index (κ3) is 4.55. The fourth-order valence-electron chi connectivity index (χ4n) is 2.84. The van der Waals surface area contributed by atoms with E-state index >= 15 is 0 Å². The second kappa shape index (κ2) is 8.41. The number of halogens is 2. The molecule has 1 heterocycles. The highest BCUT2D eigenvalue weighted by Gasteiger charge is 2.11. The van der Waals surface area contributed by atoms with Crippen molar-refractivity contribution < 1.29 is 0 Å². The van der Waals surface area contributed by atoms with Gasteiger partial charge in [0, 0.05) is 6.54 Å². The van der Waals surface area contributed by atoms with E-state index in [-0.39, 0.29) is 0 Å². The van der Waals surface area contributed by atoms with E-state index in [0.29, 0.717) is 33.1 Å². The maximum absolute atomic E-state index is 6.20. The zero-order valence-corrected chi connectivity index (χ0v) is 15.4. The summed E-state index contributed by atoms with van der Waals surface area (Å²) in [5.74, 6) is 1.12. The van der Waals surface area contributed by atoms with Crippen molar-refractivity contribution in [2.24, 2.45) is 0 Å². The standard InChI is InChI=1S/C18H21Cl2N5/c19-13-7-4-8-14(15(13)20)25-18-16(21)17(23-11-24-18)22-10-9-12-5-2-1-3-6-12/h4-5,7-8,11H,1-3,6,9-10,21H2,(H2,22,23,24,25). The Hall–Kier alpha value is -1.98. The van der Waals surface area contributed by atoms with E-state index in [1.807, 2.05) is 12.1 Å². The summed E-state index contributed by atoms with van der Waals surface area (Å²) in [6.45, 7) is 0.796. The van der Waals surface area contributed by atoms with Gasteiger partial charge in [0.15, 0.2) is 11.6 Å². The van der Waals surface area contributed by atoms with Crippen molar-refractivity contribution in [3.63, 3.8) is 0 Å². The Morgan fingerprint density at radius 1 is 1.12 bits per heavy atom. The van der Waals surface area contributed by atoms with Gasteiger partial charge in [-0.15, -0.1) is 0 Å². The van der Waals surface area contributed by atoms with E-state index in [9.17, 15) is 0 Å². The van der Waals surface area contributed by atoms with Gasteiger partial charge in [-0.25, -0.2) is 9.97 Å². The average Bonchev–Trinajstić information content (AvgIpc) is 2.63. The van der Waals surface area contributed by atoms with Gasteiger partial charge >= 0.3 is 0 Å². The lowest BCUT2D eigenvalue weighted by molar-refractivity contribution is 0.679. The highest BCUT2D eigenvalue weighted by Crippen LogP contribution is 2.33. The highest BCUT2D eigenvalue weighted by atomic mass is 35.5. The van der Waals surface area contributed by atoms with Crippen LogP contribution in [0, 0.1) is 0 Å². The minimum Gasteiger partial charge on any atom is -0.393 e. The summed E-state index contributed by atoms with van der Waals surface area (Å²) in [5, 5.41) is 7.32. The Morgan fingerprint density at radius 3 is 2.76 bits per heavy atom. The van der Waals surface area contributed by atoms with Crippen LogP contribution < -0.4 is 16.4 Å². The number of rotatable bonds is 6. The molecule has 4 N–H and O–H groups in total. The molecule has 0 aliphatic heterocycles. The molecule has 0 atom stereocenters. The number of allylic oxidation sites excluding steroid dienone is 1. The van der Waals surface area contributed by atoms with Gasteiger partial charge in [-0.1, -0.05) is 40.9 Å². The Balaban J connectivity index is 1.67. The SMILES string of the molecule is Nc1c(NCCC2=CCCCC2)ncnc1Nc1cccc(Cl)c1Cl. The summed E-state index contributed by atoms with van der Waals surface area (Å²) in [6.07, 6.45) is 9.81. The number of anilines is 4. The minimum atomic E-state index is 0.431. The van der Waals surface area contributed by atoms with Crippen LogP contribution in [-0.4, -0.2) is 16.5 Å². The first-order valence-corrected chi connectivity index (χ1v) is 9.14. The number of benzene rings is 1. The topological polar surface area (TPSA) is 75.9 Å². The molecule has 0 saturated carbocycles. The van der Waals surface area contributed by atoms with Gasteiger partial charge in [-0.3, -0.25) is 0 Å². The van der Waals surface area contributed by atoms with Gasteiger partial charge in [-0.05, 0) is 44.2 Å². The third-order valence-electron chi connectivity index (χ3n) is 4.21. The molecule has 132 valence electrons. The van der Waals surface area contributed by atoms with Crippen molar-refractivity contribution in [1.82, 2.24) is 9.97 Å². The van der Waals surface area contributed by atoms with Crippen LogP contribution in [0.2, 0.25) is 10.0 Å². The maximum atomic E-state index is 6.20. The molecule has 25 heavy (non-hydrogen) atoms. The van der Waals surface area contributed by atoms with Crippen molar-refractivity contribution in [2.75, 3.05) is 22.9 Å². The molecule has 0 saturated heterocycles. The summed E-state index contributed by atoms with van der Waals surface area (Å²) in [5.41, 5.74) is 8.81. The van der Waals surface area contributed by atoms with Crippen LogP contribution in [0.5, 0.6) is 0 Å². The summed E-state index contributed by atoms with van der Waals surface area (Å²) in [7, 11) is 0. The number of nitrogens with one attached hydrogen (secondary N) is 2. The lowest BCUT2D eigenvalue weighted by Gasteiger charge is -2.15. The van der Waals surface area contributed by atoms with Crippen molar-refractivity contribution in [3.05, 3.63) is 46.2 Å². The first-order valence-electron chi connectivity index (χ1n) is 8.38. The highest BCUT2D eigenvalue weighted by molar-refractivity contribution is 6.43. The van der Waals surface area contributed by atoms with Crippen molar-refractivity contribution in [1.29, 1.82) is 0 Å². The molecule has 1 aliphatic rings. The monoisotopic (exact) mass is 377 g/mol. The molecule has 0 fully saturated rings. The van der Waals surface area contributed by atoms with Crippen molar-refractivity contribution >= 4 is 46.2 Å². The molecule has 5 nitrogen and oxygen atoms in total. The van der Waals surface area contributed by atoms with Gasteiger partial charge in [0.25, 0.3) is 0 Å². The number of nitrogen functional groups attached to an aromatic ring is 1. The summed E-state index contributed by atoms with van der Waals surface area (Å²) >= 11 is 12.2. The zero-order valence-electron chi connectivity index (χ0n) is 13.9. The predicted molar refractivity (Wildman–Crippen MR) is 106 cm³/mol. The molecule has 0 amide bonds. The normalized spacial score (nSPS) is 14.1. The van der Waals surface area contributed by atoms with Crippen molar-refractivity contribution in [2.45, 2.75) is 32.1 Å². The van der Waals surface area contributed by atoms with E-state index in [2.05, 4.69) is 26.7 Å². The first-order chi connectivity index (χ1) is 12.1. The van der Waals surface area contributed by atoms with E-state index in [0.717, 1.165) is 13.0 Å². The number of aromatic nitrogens is 2. The molecular formula is C18H21Cl2N5. The summed E-state index contributed by atoms with van der Waals surface area (Å²) in [4.78, 5) is 8.44. The van der Waals surface area contributed by atoms with Gasteiger partial charge in [0.2, 0.25) is 0 Å². The van der Waals surface area contributed by atoms with Crippen LogP contribution in [0.4, 0.5) is 23.0 Å². The molecule has 7 heteroatoms. The Bertz CT molecular complexity index is 776. The lowest BCUT2D eigenvalue weighted by atomic mass is 9.97. The van der Waals surface area contributed by atoms with Crippen LogP contribution in [0.15, 0.2) is 36.2 Å². The third-order valence-corrected chi connectivity index (χ3v) is 5.03. The molecule has 0 radical (unpaired) electrons. The fraction of sp³-hybridized carbons (Fsp3) is 0.333. The second-order valence-electron chi connectivity index (χ2n) is 6.00.